The van der Waals surface area contributed by atoms with Gasteiger partial charge in [-0.05, 0) is 42.9 Å². The molecule has 2 atom stereocenters. The molecule has 0 saturated carbocycles. The number of aliphatic carboxylic acids is 1. The molecule has 0 aliphatic carbocycles. The van der Waals surface area contributed by atoms with Gasteiger partial charge in [0.05, 0.1) is 5.92 Å². The molecule has 128 valence electrons. The monoisotopic (exact) mass is 327 g/mol. The van der Waals surface area contributed by atoms with Gasteiger partial charge in [-0.25, -0.2) is 0 Å². The number of hydrogen-bond donors (Lipinski definition) is 1. The molecule has 2 unspecified atom stereocenters. The van der Waals surface area contributed by atoms with Crippen molar-refractivity contribution >= 4 is 5.97 Å². The van der Waals surface area contributed by atoms with Crippen LogP contribution in [-0.4, -0.2) is 35.7 Å². The number of hydrogen-bond acceptors (Lipinski definition) is 3. The van der Waals surface area contributed by atoms with Gasteiger partial charge in [-0.1, -0.05) is 19.1 Å². The van der Waals surface area contributed by atoms with Crippen LogP contribution in [0, 0.1) is 25.7 Å². The molecule has 0 spiro atoms. The molecule has 2 rings (SSSR count). The standard InChI is InChI=1S/C17H23F2NO3/c1-10-4-14(16(21)22)9-20(7-10)8-13-5-11(2)15(12(3)6-13)23-17(18)19/h5-6,10,14,17H,4,7-9H2,1-3H3,(H,21,22). The molecule has 1 heterocycles. The van der Waals surface area contributed by atoms with Gasteiger partial charge in [0.1, 0.15) is 5.75 Å². The molecule has 1 aromatic carbocycles. The Labute approximate surface area is 135 Å². The summed E-state index contributed by atoms with van der Waals surface area (Å²) >= 11 is 0. The summed E-state index contributed by atoms with van der Waals surface area (Å²) in [5, 5.41) is 9.23. The number of nitrogens with zero attached hydrogens (tertiary/aromatic N) is 1. The average Bonchev–Trinajstić information content (AvgIpc) is 2.42. The topological polar surface area (TPSA) is 49.8 Å². The maximum atomic E-state index is 12.4. The van der Waals surface area contributed by atoms with Crippen molar-refractivity contribution < 1.29 is 23.4 Å². The van der Waals surface area contributed by atoms with Crippen LogP contribution >= 0.6 is 0 Å². The van der Waals surface area contributed by atoms with Crippen molar-refractivity contribution in [1.82, 2.24) is 4.90 Å². The molecule has 1 aromatic rings. The fourth-order valence-electron chi connectivity index (χ4n) is 3.43. The van der Waals surface area contributed by atoms with Crippen LogP contribution in [0.15, 0.2) is 12.1 Å². The van der Waals surface area contributed by atoms with Crippen LogP contribution in [0.2, 0.25) is 0 Å². The predicted octanol–water partition coefficient (Wildman–Crippen LogP) is 3.45. The Bertz CT molecular complexity index is 554. The molecule has 1 N–H and O–H groups in total. The molecule has 6 heteroatoms. The smallest absolute Gasteiger partial charge is 0.387 e. The first-order chi connectivity index (χ1) is 10.8. The maximum absolute atomic E-state index is 12.4. The lowest BCUT2D eigenvalue weighted by Crippen LogP contribution is -2.41. The van der Waals surface area contributed by atoms with E-state index in [0.717, 1.165) is 12.1 Å². The fourth-order valence-corrected chi connectivity index (χ4v) is 3.43. The molecule has 0 bridgehead atoms. The second-order valence-corrected chi connectivity index (χ2v) is 6.51. The zero-order chi connectivity index (χ0) is 17.1. The molecule has 1 aliphatic rings. The van der Waals surface area contributed by atoms with E-state index in [1.54, 1.807) is 13.8 Å². The first-order valence-electron chi connectivity index (χ1n) is 7.76. The van der Waals surface area contributed by atoms with Crippen molar-refractivity contribution in [2.45, 2.75) is 40.3 Å². The van der Waals surface area contributed by atoms with E-state index in [9.17, 15) is 18.7 Å². The number of carbonyl (C=O) groups is 1. The lowest BCUT2D eigenvalue weighted by atomic mass is 9.90. The van der Waals surface area contributed by atoms with Crippen molar-refractivity contribution in [2.24, 2.45) is 11.8 Å². The van der Waals surface area contributed by atoms with Crippen LogP contribution < -0.4 is 4.74 Å². The van der Waals surface area contributed by atoms with E-state index in [2.05, 4.69) is 16.6 Å². The van der Waals surface area contributed by atoms with Crippen LogP contribution in [0.5, 0.6) is 5.75 Å². The number of likely N-dealkylation sites (tertiary alicyclic amines) is 1. The molecule has 1 saturated heterocycles. The minimum absolute atomic E-state index is 0.221. The Kier molecular flexibility index (Phi) is 5.57. The maximum Gasteiger partial charge on any atom is 0.387 e. The van der Waals surface area contributed by atoms with E-state index in [1.807, 2.05) is 12.1 Å². The Morgan fingerprint density at radius 1 is 1.35 bits per heavy atom. The third kappa shape index (κ3) is 4.64. The number of ether oxygens (including phenoxy) is 1. The van der Waals surface area contributed by atoms with Gasteiger partial charge in [0, 0.05) is 19.6 Å². The summed E-state index contributed by atoms with van der Waals surface area (Å²) in [7, 11) is 0. The Balaban J connectivity index is 2.12. The first kappa shape index (κ1) is 17.7. The molecule has 23 heavy (non-hydrogen) atoms. The Morgan fingerprint density at radius 2 is 1.96 bits per heavy atom. The summed E-state index contributed by atoms with van der Waals surface area (Å²) in [6, 6.07) is 3.67. The summed E-state index contributed by atoms with van der Waals surface area (Å²) < 4.78 is 29.4. The van der Waals surface area contributed by atoms with E-state index in [4.69, 9.17) is 0 Å². The molecule has 0 amide bonds. The zero-order valence-corrected chi connectivity index (χ0v) is 13.7. The quantitative estimate of drug-likeness (QED) is 0.900. The van der Waals surface area contributed by atoms with Gasteiger partial charge in [0.25, 0.3) is 0 Å². The Hall–Kier alpha value is -1.69. The fraction of sp³-hybridized carbons (Fsp3) is 0.588. The zero-order valence-electron chi connectivity index (χ0n) is 13.7. The highest BCUT2D eigenvalue weighted by Crippen LogP contribution is 2.28. The molecule has 0 aromatic heterocycles. The highest BCUT2D eigenvalue weighted by atomic mass is 19.3. The summed E-state index contributed by atoms with van der Waals surface area (Å²) in [5.74, 6) is -0.551. The van der Waals surface area contributed by atoms with Crippen LogP contribution in [0.1, 0.15) is 30.0 Å². The van der Waals surface area contributed by atoms with Gasteiger partial charge in [0.2, 0.25) is 0 Å². The van der Waals surface area contributed by atoms with E-state index in [0.29, 0.717) is 36.6 Å². The minimum Gasteiger partial charge on any atom is -0.481 e. The van der Waals surface area contributed by atoms with Crippen molar-refractivity contribution in [3.05, 3.63) is 28.8 Å². The SMILES string of the molecule is Cc1cc(CN2CC(C)CC(C(=O)O)C2)cc(C)c1OC(F)F. The number of benzene rings is 1. The molecule has 0 radical (unpaired) electrons. The van der Waals surface area contributed by atoms with E-state index in [1.165, 1.54) is 0 Å². The van der Waals surface area contributed by atoms with Gasteiger partial charge in [-0.3, -0.25) is 9.69 Å². The number of halogens is 2. The second-order valence-electron chi connectivity index (χ2n) is 6.51. The van der Waals surface area contributed by atoms with Gasteiger partial charge < -0.3 is 9.84 Å². The van der Waals surface area contributed by atoms with E-state index >= 15 is 0 Å². The van der Waals surface area contributed by atoms with Crippen molar-refractivity contribution in [3.8, 4) is 5.75 Å². The van der Waals surface area contributed by atoms with E-state index in [-0.39, 0.29) is 11.7 Å². The summed E-state index contributed by atoms with van der Waals surface area (Å²) in [5.41, 5.74) is 2.32. The minimum atomic E-state index is -2.84. The third-order valence-electron chi connectivity index (χ3n) is 4.22. The molecule has 1 aliphatic heterocycles. The van der Waals surface area contributed by atoms with Gasteiger partial charge in [0.15, 0.2) is 0 Å². The van der Waals surface area contributed by atoms with Crippen molar-refractivity contribution in [1.29, 1.82) is 0 Å². The van der Waals surface area contributed by atoms with Crippen LogP contribution in [-0.2, 0) is 11.3 Å². The van der Waals surface area contributed by atoms with Gasteiger partial charge in [-0.2, -0.15) is 8.78 Å². The molecular weight excluding hydrogens is 304 g/mol. The van der Waals surface area contributed by atoms with Gasteiger partial charge in [-0.15, -0.1) is 0 Å². The number of carboxylic acid groups (broad SMARTS) is 1. The lowest BCUT2D eigenvalue weighted by Gasteiger charge is -2.34. The normalized spacial score (nSPS) is 22.3. The van der Waals surface area contributed by atoms with E-state index < -0.39 is 12.6 Å². The van der Waals surface area contributed by atoms with Crippen LogP contribution in [0.3, 0.4) is 0 Å². The number of piperidine rings is 1. The van der Waals surface area contributed by atoms with Crippen LogP contribution in [0.4, 0.5) is 8.78 Å². The van der Waals surface area contributed by atoms with Crippen LogP contribution in [0.25, 0.3) is 0 Å². The van der Waals surface area contributed by atoms with Crippen molar-refractivity contribution in [2.75, 3.05) is 13.1 Å². The molecule has 4 nitrogen and oxygen atoms in total. The summed E-state index contributed by atoms with van der Waals surface area (Å²) in [6.07, 6.45) is 0.699. The largest absolute Gasteiger partial charge is 0.481 e. The lowest BCUT2D eigenvalue weighted by molar-refractivity contribution is -0.144. The number of carboxylic acids is 1. The van der Waals surface area contributed by atoms with Crippen molar-refractivity contribution in [3.63, 3.8) is 0 Å². The summed E-state index contributed by atoms with van der Waals surface area (Å²) in [6.45, 7) is 4.69. The number of alkyl halides is 2. The first-order valence-corrected chi connectivity index (χ1v) is 7.76. The molecule has 1 fully saturated rings. The number of rotatable bonds is 5. The highest BCUT2D eigenvalue weighted by molar-refractivity contribution is 5.70. The third-order valence-corrected chi connectivity index (χ3v) is 4.22. The second kappa shape index (κ2) is 7.25. The van der Waals surface area contributed by atoms with Gasteiger partial charge >= 0.3 is 12.6 Å². The number of aryl methyl sites for hydroxylation is 2. The Morgan fingerprint density at radius 3 is 2.48 bits per heavy atom. The summed E-state index contributed by atoms with van der Waals surface area (Å²) in [4.78, 5) is 13.4. The highest BCUT2D eigenvalue weighted by Gasteiger charge is 2.29. The molecular formula is C17H23F2NO3. The predicted molar refractivity (Wildman–Crippen MR) is 82.7 cm³/mol. The average molecular weight is 327 g/mol.